The molecule has 110 valence electrons. The SMILES string of the molecule is CCCNS(=O)(=O)NCC1NCCCC1(C)C.Cl. The zero-order valence-electron chi connectivity index (χ0n) is 11.5. The molecule has 0 spiro atoms. The molecule has 1 unspecified atom stereocenters. The smallest absolute Gasteiger partial charge is 0.276 e. The van der Waals surface area contributed by atoms with E-state index in [0.717, 1.165) is 25.8 Å². The van der Waals surface area contributed by atoms with Crippen LogP contribution in [-0.4, -0.2) is 34.1 Å². The minimum Gasteiger partial charge on any atom is -0.312 e. The van der Waals surface area contributed by atoms with Gasteiger partial charge in [0, 0.05) is 19.1 Å². The summed E-state index contributed by atoms with van der Waals surface area (Å²) in [6, 6.07) is 0.203. The summed E-state index contributed by atoms with van der Waals surface area (Å²) in [6.07, 6.45) is 3.09. The Morgan fingerprint density at radius 3 is 2.56 bits per heavy atom. The van der Waals surface area contributed by atoms with Gasteiger partial charge in [0.05, 0.1) is 0 Å². The van der Waals surface area contributed by atoms with E-state index in [-0.39, 0.29) is 23.9 Å². The molecule has 0 saturated carbocycles. The van der Waals surface area contributed by atoms with Gasteiger partial charge in [-0.1, -0.05) is 20.8 Å². The van der Waals surface area contributed by atoms with Crippen LogP contribution in [0.2, 0.25) is 0 Å². The molecule has 0 aromatic carbocycles. The van der Waals surface area contributed by atoms with Crippen molar-refractivity contribution >= 4 is 22.6 Å². The average Bonchev–Trinajstić information content (AvgIpc) is 2.24. The highest BCUT2D eigenvalue weighted by Gasteiger charge is 2.32. The molecule has 1 saturated heterocycles. The Balaban J connectivity index is 0.00000289. The number of halogens is 1. The van der Waals surface area contributed by atoms with Gasteiger partial charge in [-0.25, -0.2) is 9.44 Å². The normalized spacial score (nSPS) is 23.4. The molecule has 0 amide bonds. The number of hydrogen-bond acceptors (Lipinski definition) is 3. The van der Waals surface area contributed by atoms with Gasteiger partial charge in [-0.3, -0.25) is 0 Å². The Morgan fingerprint density at radius 1 is 1.33 bits per heavy atom. The zero-order chi connectivity index (χ0) is 12.9. The van der Waals surface area contributed by atoms with Gasteiger partial charge in [0.2, 0.25) is 0 Å². The highest BCUT2D eigenvalue weighted by atomic mass is 35.5. The van der Waals surface area contributed by atoms with Crippen LogP contribution in [-0.2, 0) is 10.2 Å². The first-order valence-corrected chi connectivity index (χ1v) is 7.83. The van der Waals surface area contributed by atoms with E-state index < -0.39 is 10.2 Å². The summed E-state index contributed by atoms with van der Waals surface area (Å²) >= 11 is 0. The predicted octanol–water partition coefficient (Wildman–Crippen LogP) is 1.02. The largest absolute Gasteiger partial charge is 0.312 e. The van der Waals surface area contributed by atoms with Crippen LogP contribution in [0, 0.1) is 5.41 Å². The van der Waals surface area contributed by atoms with Gasteiger partial charge in [-0.2, -0.15) is 8.42 Å². The maximum absolute atomic E-state index is 11.6. The van der Waals surface area contributed by atoms with E-state index in [0.29, 0.717) is 13.1 Å². The topological polar surface area (TPSA) is 70.2 Å². The number of nitrogens with one attached hydrogen (secondary N) is 3. The lowest BCUT2D eigenvalue weighted by Gasteiger charge is -2.39. The molecule has 1 aliphatic heterocycles. The van der Waals surface area contributed by atoms with Gasteiger partial charge in [0.1, 0.15) is 0 Å². The monoisotopic (exact) mass is 299 g/mol. The molecule has 0 aromatic rings. The number of piperidine rings is 1. The first-order chi connectivity index (χ1) is 7.87. The quantitative estimate of drug-likeness (QED) is 0.686. The molecule has 1 atom stereocenters. The lowest BCUT2D eigenvalue weighted by Crippen LogP contribution is -2.54. The van der Waals surface area contributed by atoms with Crippen molar-refractivity contribution in [2.24, 2.45) is 5.41 Å². The van der Waals surface area contributed by atoms with Gasteiger partial charge in [-0.05, 0) is 31.2 Å². The molecular formula is C11H26ClN3O2S. The van der Waals surface area contributed by atoms with Gasteiger partial charge in [-0.15, -0.1) is 12.4 Å². The van der Waals surface area contributed by atoms with Crippen LogP contribution in [0.25, 0.3) is 0 Å². The van der Waals surface area contributed by atoms with Crippen molar-refractivity contribution < 1.29 is 8.42 Å². The third-order valence-electron chi connectivity index (χ3n) is 3.35. The molecule has 0 radical (unpaired) electrons. The van der Waals surface area contributed by atoms with Crippen molar-refractivity contribution in [1.29, 1.82) is 0 Å². The second kappa shape index (κ2) is 7.65. The Morgan fingerprint density at radius 2 is 2.00 bits per heavy atom. The van der Waals surface area contributed by atoms with Crippen LogP contribution < -0.4 is 14.8 Å². The summed E-state index contributed by atoms with van der Waals surface area (Å²) in [6.45, 7) is 8.20. The molecule has 18 heavy (non-hydrogen) atoms. The van der Waals surface area contributed by atoms with Gasteiger partial charge in [0.15, 0.2) is 0 Å². The minimum atomic E-state index is -3.33. The maximum Gasteiger partial charge on any atom is 0.276 e. The lowest BCUT2D eigenvalue weighted by molar-refractivity contribution is 0.181. The molecule has 7 heteroatoms. The summed E-state index contributed by atoms with van der Waals surface area (Å²) < 4.78 is 28.3. The lowest BCUT2D eigenvalue weighted by atomic mass is 9.78. The van der Waals surface area contributed by atoms with E-state index in [2.05, 4.69) is 28.6 Å². The minimum absolute atomic E-state index is 0. The standard InChI is InChI=1S/C11H25N3O2S.ClH/c1-4-7-13-17(15,16)14-9-10-11(2,3)6-5-8-12-10;/h10,12-14H,4-9H2,1-3H3;1H. The summed E-state index contributed by atoms with van der Waals surface area (Å²) in [4.78, 5) is 0. The number of rotatable bonds is 6. The molecule has 0 aliphatic carbocycles. The van der Waals surface area contributed by atoms with Crippen LogP contribution in [0.15, 0.2) is 0 Å². The van der Waals surface area contributed by atoms with Gasteiger partial charge < -0.3 is 5.32 Å². The van der Waals surface area contributed by atoms with Crippen molar-refractivity contribution in [1.82, 2.24) is 14.8 Å². The summed E-state index contributed by atoms with van der Waals surface area (Å²) in [5.41, 5.74) is 0.144. The molecular weight excluding hydrogens is 274 g/mol. The summed E-state index contributed by atoms with van der Waals surface area (Å²) in [7, 11) is -3.33. The van der Waals surface area contributed by atoms with Crippen LogP contribution in [0.1, 0.15) is 40.0 Å². The Labute approximate surface area is 117 Å². The third kappa shape index (κ3) is 5.84. The number of hydrogen-bond donors (Lipinski definition) is 3. The van der Waals surface area contributed by atoms with Crippen LogP contribution in [0.3, 0.4) is 0 Å². The molecule has 3 N–H and O–H groups in total. The molecule has 0 aromatic heterocycles. The maximum atomic E-state index is 11.6. The highest BCUT2D eigenvalue weighted by Crippen LogP contribution is 2.29. The van der Waals surface area contributed by atoms with Crippen LogP contribution >= 0.6 is 12.4 Å². The summed E-state index contributed by atoms with van der Waals surface area (Å²) in [5.74, 6) is 0. The molecule has 5 nitrogen and oxygen atoms in total. The van der Waals surface area contributed by atoms with Gasteiger partial charge >= 0.3 is 0 Å². The van der Waals surface area contributed by atoms with Gasteiger partial charge in [0.25, 0.3) is 10.2 Å². The second-order valence-corrected chi connectivity index (χ2v) is 6.93. The van der Waals surface area contributed by atoms with Crippen molar-refractivity contribution in [2.45, 2.75) is 46.1 Å². The van der Waals surface area contributed by atoms with E-state index in [1.54, 1.807) is 0 Å². The first-order valence-electron chi connectivity index (χ1n) is 6.35. The van der Waals surface area contributed by atoms with E-state index in [1.165, 1.54) is 0 Å². The molecule has 1 rings (SSSR count). The van der Waals surface area contributed by atoms with Crippen molar-refractivity contribution in [3.05, 3.63) is 0 Å². The summed E-state index contributed by atoms with van der Waals surface area (Å²) in [5, 5.41) is 3.38. The van der Waals surface area contributed by atoms with Crippen LogP contribution in [0.5, 0.6) is 0 Å². The van der Waals surface area contributed by atoms with E-state index in [9.17, 15) is 8.42 Å². The molecule has 1 heterocycles. The Kier molecular flexibility index (Phi) is 7.70. The third-order valence-corrected chi connectivity index (χ3v) is 4.48. The second-order valence-electron chi connectivity index (χ2n) is 5.35. The molecule has 1 fully saturated rings. The van der Waals surface area contributed by atoms with Crippen molar-refractivity contribution in [3.63, 3.8) is 0 Å². The Hall–Kier alpha value is 0.120. The van der Waals surface area contributed by atoms with E-state index >= 15 is 0 Å². The molecule has 1 aliphatic rings. The van der Waals surface area contributed by atoms with Crippen molar-refractivity contribution in [3.8, 4) is 0 Å². The zero-order valence-corrected chi connectivity index (χ0v) is 13.1. The molecule has 0 bridgehead atoms. The average molecular weight is 300 g/mol. The fourth-order valence-corrected chi connectivity index (χ4v) is 3.06. The Bertz CT molecular complexity index is 333. The van der Waals surface area contributed by atoms with Crippen LogP contribution in [0.4, 0.5) is 0 Å². The highest BCUT2D eigenvalue weighted by molar-refractivity contribution is 7.87. The van der Waals surface area contributed by atoms with Crippen molar-refractivity contribution in [2.75, 3.05) is 19.6 Å². The predicted molar refractivity (Wildman–Crippen MR) is 77.3 cm³/mol. The van der Waals surface area contributed by atoms with E-state index in [1.807, 2.05) is 6.92 Å². The first kappa shape index (κ1) is 18.1. The van der Waals surface area contributed by atoms with E-state index in [4.69, 9.17) is 0 Å². The fraction of sp³-hybridized carbons (Fsp3) is 1.00. The fourth-order valence-electron chi connectivity index (χ4n) is 2.10.